The summed E-state index contributed by atoms with van der Waals surface area (Å²) in [4.78, 5) is 44.5. The molecule has 0 bridgehead atoms. The third-order valence-corrected chi connectivity index (χ3v) is 3.55. The van der Waals surface area contributed by atoms with Gasteiger partial charge in [-0.05, 0) is 12.3 Å². The SMILES string of the molecule is O=C1CC(C2C=CC(C(=O)O)C(C(=O)O)C2)C(=O)O1. The molecule has 0 amide bonds. The van der Waals surface area contributed by atoms with Gasteiger partial charge in [-0.15, -0.1) is 0 Å². The van der Waals surface area contributed by atoms with Gasteiger partial charge in [0, 0.05) is 0 Å². The van der Waals surface area contributed by atoms with Crippen LogP contribution in [0, 0.1) is 23.7 Å². The summed E-state index contributed by atoms with van der Waals surface area (Å²) in [6.45, 7) is 0. The van der Waals surface area contributed by atoms with Crippen LogP contribution in [-0.2, 0) is 23.9 Å². The van der Waals surface area contributed by atoms with E-state index in [1.54, 1.807) is 0 Å². The predicted molar refractivity (Wildman–Crippen MR) is 58.7 cm³/mol. The van der Waals surface area contributed by atoms with Gasteiger partial charge in [0.15, 0.2) is 0 Å². The lowest BCUT2D eigenvalue weighted by Gasteiger charge is -2.28. The van der Waals surface area contributed by atoms with Crippen molar-refractivity contribution in [2.75, 3.05) is 0 Å². The Hall–Kier alpha value is -2.18. The highest BCUT2D eigenvalue weighted by atomic mass is 16.6. The second-order valence-corrected chi connectivity index (χ2v) is 4.70. The average molecular weight is 268 g/mol. The van der Waals surface area contributed by atoms with Crippen molar-refractivity contribution in [2.24, 2.45) is 23.7 Å². The first-order chi connectivity index (χ1) is 8.90. The maximum Gasteiger partial charge on any atom is 0.317 e. The molecule has 19 heavy (non-hydrogen) atoms. The van der Waals surface area contributed by atoms with Crippen LogP contribution in [0.5, 0.6) is 0 Å². The number of hydrogen-bond donors (Lipinski definition) is 2. The Bertz CT molecular complexity index is 478. The first-order valence-electron chi connectivity index (χ1n) is 5.78. The molecule has 7 heteroatoms. The second kappa shape index (κ2) is 4.83. The van der Waals surface area contributed by atoms with E-state index in [1.807, 2.05) is 0 Å². The van der Waals surface area contributed by atoms with Gasteiger partial charge in [0.05, 0.1) is 24.2 Å². The van der Waals surface area contributed by atoms with Gasteiger partial charge < -0.3 is 14.9 Å². The Labute approximate surface area is 107 Å². The second-order valence-electron chi connectivity index (χ2n) is 4.70. The molecule has 1 aliphatic heterocycles. The molecule has 2 aliphatic rings. The molecule has 0 spiro atoms. The first kappa shape index (κ1) is 13.3. The molecule has 7 nitrogen and oxygen atoms in total. The van der Waals surface area contributed by atoms with Crippen molar-refractivity contribution in [3.8, 4) is 0 Å². The van der Waals surface area contributed by atoms with Crippen LogP contribution in [0.1, 0.15) is 12.8 Å². The molecule has 1 fully saturated rings. The summed E-state index contributed by atoms with van der Waals surface area (Å²) >= 11 is 0. The van der Waals surface area contributed by atoms with Crippen LogP contribution in [0.15, 0.2) is 12.2 Å². The van der Waals surface area contributed by atoms with Gasteiger partial charge in [0.2, 0.25) is 0 Å². The van der Waals surface area contributed by atoms with Crippen molar-refractivity contribution in [2.45, 2.75) is 12.8 Å². The molecule has 4 atom stereocenters. The van der Waals surface area contributed by atoms with Crippen molar-refractivity contribution >= 4 is 23.9 Å². The molecular formula is C12H12O7. The lowest BCUT2D eigenvalue weighted by atomic mass is 9.74. The zero-order valence-corrected chi connectivity index (χ0v) is 9.81. The van der Waals surface area contributed by atoms with E-state index >= 15 is 0 Å². The van der Waals surface area contributed by atoms with Crippen LogP contribution >= 0.6 is 0 Å². The number of cyclic esters (lactones) is 2. The Kier molecular flexibility index (Phi) is 3.37. The lowest BCUT2D eigenvalue weighted by Crippen LogP contribution is -2.35. The summed E-state index contributed by atoms with van der Waals surface area (Å²) in [5.41, 5.74) is 0. The summed E-state index contributed by atoms with van der Waals surface area (Å²) in [5.74, 6) is -7.13. The normalized spacial score (nSPS) is 34.1. The Morgan fingerprint density at radius 3 is 2.32 bits per heavy atom. The highest BCUT2D eigenvalue weighted by Gasteiger charge is 2.44. The third kappa shape index (κ3) is 2.49. The standard InChI is InChI=1S/C12H12O7/c13-9-4-7(12(18)19-9)5-1-2-6(10(14)15)8(3-5)11(16)17/h1-2,5-8H,3-4H2,(H,14,15)(H,16,17). The first-order valence-corrected chi connectivity index (χ1v) is 5.78. The highest BCUT2D eigenvalue weighted by Crippen LogP contribution is 2.37. The van der Waals surface area contributed by atoms with Gasteiger partial charge in [0.25, 0.3) is 0 Å². The minimum atomic E-state index is -1.22. The monoisotopic (exact) mass is 268 g/mol. The zero-order valence-electron chi connectivity index (χ0n) is 9.81. The van der Waals surface area contributed by atoms with E-state index in [0.29, 0.717) is 0 Å². The number of carboxylic acids is 2. The Morgan fingerprint density at radius 2 is 1.84 bits per heavy atom. The summed E-state index contributed by atoms with van der Waals surface area (Å²) in [6.07, 6.45) is 2.71. The number of allylic oxidation sites excluding steroid dienone is 1. The van der Waals surface area contributed by atoms with Crippen LogP contribution in [0.3, 0.4) is 0 Å². The lowest BCUT2D eigenvalue weighted by molar-refractivity contribution is -0.155. The molecule has 0 aromatic heterocycles. The zero-order chi connectivity index (χ0) is 14.2. The van der Waals surface area contributed by atoms with E-state index in [2.05, 4.69) is 4.74 Å². The van der Waals surface area contributed by atoms with Gasteiger partial charge in [-0.2, -0.15) is 0 Å². The summed E-state index contributed by atoms with van der Waals surface area (Å²) in [5, 5.41) is 18.0. The van der Waals surface area contributed by atoms with E-state index in [9.17, 15) is 19.2 Å². The summed E-state index contributed by atoms with van der Waals surface area (Å²) in [7, 11) is 0. The molecule has 0 aromatic carbocycles. The van der Waals surface area contributed by atoms with Crippen LogP contribution in [0.2, 0.25) is 0 Å². The number of hydrogen-bond acceptors (Lipinski definition) is 5. The number of carboxylic acid groups (broad SMARTS) is 2. The quantitative estimate of drug-likeness (QED) is 0.422. The maximum absolute atomic E-state index is 11.4. The molecule has 1 aliphatic carbocycles. The molecule has 0 radical (unpaired) electrons. The van der Waals surface area contributed by atoms with Gasteiger partial charge in [-0.3, -0.25) is 19.2 Å². The molecular weight excluding hydrogens is 256 g/mol. The fourth-order valence-corrected chi connectivity index (χ4v) is 2.54. The molecule has 2 rings (SSSR count). The van der Waals surface area contributed by atoms with E-state index in [1.165, 1.54) is 12.2 Å². The van der Waals surface area contributed by atoms with Crippen LogP contribution < -0.4 is 0 Å². The van der Waals surface area contributed by atoms with Crippen molar-refractivity contribution < 1.29 is 34.1 Å². The van der Waals surface area contributed by atoms with Crippen molar-refractivity contribution in [1.82, 2.24) is 0 Å². The number of aliphatic carboxylic acids is 2. The third-order valence-electron chi connectivity index (χ3n) is 3.55. The van der Waals surface area contributed by atoms with Crippen LogP contribution in [0.4, 0.5) is 0 Å². The molecule has 4 unspecified atom stereocenters. The van der Waals surface area contributed by atoms with Gasteiger partial charge in [0.1, 0.15) is 0 Å². The number of rotatable bonds is 3. The minimum Gasteiger partial charge on any atom is -0.481 e. The fraction of sp³-hybridized carbons (Fsp3) is 0.500. The molecule has 0 saturated carbocycles. The van der Waals surface area contributed by atoms with Crippen molar-refractivity contribution in [3.63, 3.8) is 0 Å². The fourth-order valence-electron chi connectivity index (χ4n) is 2.54. The van der Waals surface area contributed by atoms with E-state index in [0.717, 1.165) is 0 Å². The maximum atomic E-state index is 11.4. The predicted octanol–water partition coefficient (Wildman–Crippen LogP) is 0.0538. The van der Waals surface area contributed by atoms with Crippen molar-refractivity contribution in [3.05, 3.63) is 12.2 Å². The van der Waals surface area contributed by atoms with Gasteiger partial charge in [-0.1, -0.05) is 12.2 Å². The van der Waals surface area contributed by atoms with Gasteiger partial charge >= 0.3 is 23.9 Å². The molecule has 102 valence electrons. The number of ether oxygens (including phenoxy) is 1. The van der Waals surface area contributed by atoms with Crippen molar-refractivity contribution in [1.29, 1.82) is 0 Å². The molecule has 2 N–H and O–H groups in total. The molecule has 1 heterocycles. The summed E-state index contributed by atoms with van der Waals surface area (Å²) < 4.78 is 4.42. The van der Waals surface area contributed by atoms with E-state index in [-0.39, 0.29) is 12.8 Å². The number of esters is 2. The van der Waals surface area contributed by atoms with E-state index in [4.69, 9.17) is 10.2 Å². The largest absolute Gasteiger partial charge is 0.481 e. The van der Waals surface area contributed by atoms with Gasteiger partial charge in [-0.25, -0.2) is 0 Å². The van der Waals surface area contributed by atoms with Crippen LogP contribution in [-0.4, -0.2) is 34.1 Å². The Balaban J connectivity index is 2.20. The molecule has 1 saturated heterocycles. The Morgan fingerprint density at radius 1 is 1.16 bits per heavy atom. The van der Waals surface area contributed by atoms with E-state index < -0.39 is 47.5 Å². The number of carbonyl (C=O) groups excluding carboxylic acids is 2. The molecule has 0 aromatic rings. The topological polar surface area (TPSA) is 118 Å². The minimum absolute atomic E-state index is 0.00977. The smallest absolute Gasteiger partial charge is 0.317 e. The number of carbonyl (C=O) groups is 4. The average Bonchev–Trinajstić information content (AvgIpc) is 2.67. The summed E-state index contributed by atoms with van der Waals surface area (Å²) in [6, 6.07) is 0. The highest BCUT2D eigenvalue weighted by molar-refractivity contribution is 5.95. The van der Waals surface area contributed by atoms with Crippen LogP contribution in [0.25, 0.3) is 0 Å².